The van der Waals surface area contributed by atoms with Gasteiger partial charge in [0.2, 0.25) is 6.79 Å². The lowest BCUT2D eigenvalue weighted by Gasteiger charge is -2.27. The molecule has 1 amide bonds. The van der Waals surface area contributed by atoms with Crippen molar-refractivity contribution in [1.29, 1.82) is 5.26 Å². The Hall–Kier alpha value is -3.53. The molecule has 7 heteroatoms. The van der Waals surface area contributed by atoms with Gasteiger partial charge in [-0.1, -0.05) is 66.2 Å². The highest BCUT2D eigenvalue weighted by atomic mass is 35.5. The van der Waals surface area contributed by atoms with Crippen LogP contribution in [0.25, 0.3) is 10.1 Å². The lowest BCUT2D eigenvalue weighted by atomic mass is 10.0. The Bertz CT molecular complexity index is 1350. The van der Waals surface area contributed by atoms with Gasteiger partial charge < -0.3 is 14.4 Å². The first-order valence-electron chi connectivity index (χ1n) is 9.97. The fraction of sp³-hybridized carbons (Fsp3) is 0.120. The standard InChI is InChI=1S/C25H17ClN2O3S/c26-23-18-8-4-5-9-22(18)32-24(23)25(29)28(14-16-6-2-1-3-7-16)19(13-27)17-10-11-20-21(12-17)31-15-30-20/h1-12,19H,14-15H2/t19-/m0/s1. The largest absolute Gasteiger partial charge is 0.454 e. The van der Waals surface area contributed by atoms with Crippen molar-refractivity contribution in [2.75, 3.05) is 6.79 Å². The molecule has 0 saturated heterocycles. The number of amides is 1. The summed E-state index contributed by atoms with van der Waals surface area (Å²) in [6.45, 7) is 0.400. The number of fused-ring (bicyclic) bond motifs is 2. The summed E-state index contributed by atoms with van der Waals surface area (Å²) in [5, 5.41) is 11.4. The second-order valence-corrected chi connectivity index (χ2v) is 8.73. The molecule has 3 aromatic carbocycles. The van der Waals surface area contributed by atoms with Crippen molar-refractivity contribution in [3.63, 3.8) is 0 Å². The number of hydrogen-bond acceptors (Lipinski definition) is 5. The second-order valence-electron chi connectivity index (χ2n) is 7.30. The van der Waals surface area contributed by atoms with Crippen molar-refractivity contribution < 1.29 is 14.3 Å². The number of ether oxygens (including phenoxy) is 2. The number of benzene rings is 3. The summed E-state index contributed by atoms with van der Waals surface area (Å²) in [5.41, 5.74) is 1.57. The van der Waals surface area contributed by atoms with E-state index in [2.05, 4.69) is 6.07 Å². The van der Waals surface area contributed by atoms with Gasteiger partial charge in [0.1, 0.15) is 10.9 Å². The maximum absolute atomic E-state index is 13.8. The summed E-state index contributed by atoms with van der Waals surface area (Å²) in [6, 6.07) is 24.0. The number of rotatable bonds is 5. The summed E-state index contributed by atoms with van der Waals surface area (Å²) < 4.78 is 11.8. The molecule has 0 saturated carbocycles. The molecule has 0 bridgehead atoms. The molecule has 1 aromatic heterocycles. The molecule has 1 aliphatic rings. The Morgan fingerprint density at radius 2 is 1.81 bits per heavy atom. The number of carbonyl (C=O) groups excluding carboxylic acids is 1. The Kier molecular flexibility index (Phi) is 5.44. The van der Waals surface area contributed by atoms with Gasteiger partial charge in [-0.15, -0.1) is 11.3 Å². The highest BCUT2D eigenvalue weighted by Crippen LogP contribution is 2.39. The van der Waals surface area contributed by atoms with E-state index in [1.54, 1.807) is 23.1 Å². The smallest absolute Gasteiger partial charge is 0.267 e. The van der Waals surface area contributed by atoms with Crippen LogP contribution in [0.2, 0.25) is 5.02 Å². The molecule has 0 N–H and O–H groups in total. The first kappa shape index (κ1) is 20.4. The number of carbonyl (C=O) groups is 1. The molecule has 32 heavy (non-hydrogen) atoms. The molecular weight excluding hydrogens is 444 g/mol. The topological polar surface area (TPSA) is 62.6 Å². The van der Waals surface area contributed by atoms with Crippen molar-refractivity contribution in [3.05, 3.63) is 93.8 Å². The van der Waals surface area contributed by atoms with E-state index >= 15 is 0 Å². The van der Waals surface area contributed by atoms with Crippen LogP contribution in [0.3, 0.4) is 0 Å². The third kappa shape index (κ3) is 3.66. The Morgan fingerprint density at radius 3 is 2.59 bits per heavy atom. The van der Waals surface area contributed by atoms with Crippen molar-refractivity contribution in [3.8, 4) is 17.6 Å². The maximum atomic E-state index is 13.8. The highest BCUT2D eigenvalue weighted by Gasteiger charge is 2.30. The number of nitriles is 1. The van der Waals surface area contributed by atoms with Crippen molar-refractivity contribution in [1.82, 2.24) is 4.90 Å². The highest BCUT2D eigenvalue weighted by molar-refractivity contribution is 7.21. The Morgan fingerprint density at radius 1 is 1.06 bits per heavy atom. The molecule has 5 rings (SSSR count). The van der Waals surface area contributed by atoms with Crippen molar-refractivity contribution in [2.24, 2.45) is 0 Å². The van der Waals surface area contributed by atoms with Crippen LogP contribution in [0, 0.1) is 11.3 Å². The fourth-order valence-electron chi connectivity index (χ4n) is 3.75. The van der Waals surface area contributed by atoms with E-state index in [-0.39, 0.29) is 19.2 Å². The minimum Gasteiger partial charge on any atom is -0.454 e. The SMILES string of the molecule is N#C[C@@H](c1ccc2c(c1)OCO2)N(Cc1ccccc1)C(=O)c1sc2ccccc2c1Cl. The van der Waals surface area contributed by atoms with E-state index in [9.17, 15) is 10.1 Å². The predicted octanol–water partition coefficient (Wildman–Crippen LogP) is 6.19. The average Bonchev–Trinajstić information content (AvgIpc) is 3.43. The van der Waals surface area contributed by atoms with E-state index in [0.29, 0.717) is 27.0 Å². The summed E-state index contributed by atoms with van der Waals surface area (Å²) >= 11 is 7.95. The summed E-state index contributed by atoms with van der Waals surface area (Å²) in [6.07, 6.45) is 0. The summed E-state index contributed by atoms with van der Waals surface area (Å²) in [7, 11) is 0. The van der Waals surface area contributed by atoms with Crippen LogP contribution in [0.15, 0.2) is 72.8 Å². The van der Waals surface area contributed by atoms with Crippen LogP contribution < -0.4 is 9.47 Å². The average molecular weight is 461 g/mol. The number of nitrogens with zero attached hydrogens (tertiary/aromatic N) is 2. The molecule has 0 aliphatic carbocycles. The van der Waals surface area contributed by atoms with Gasteiger partial charge in [0, 0.05) is 16.6 Å². The number of halogens is 1. The zero-order valence-electron chi connectivity index (χ0n) is 16.8. The zero-order valence-corrected chi connectivity index (χ0v) is 18.4. The lowest BCUT2D eigenvalue weighted by Crippen LogP contribution is -2.33. The second kappa shape index (κ2) is 8.54. The molecule has 0 fully saturated rings. The van der Waals surface area contributed by atoms with Gasteiger partial charge in [-0.3, -0.25) is 4.79 Å². The Balaban J connectivity index is 1.58. The molecule has 1 aliphatic heterocycles. The van der Waals surface area contributed by atoms with Gasteiger partial charge in [-0.05, 0) is 29.3 Å². The quantitative estimate of drug-likeness (QED) is 0.356. The zero-order chi connectivity index (χ0) is 22.1. The molecule has 0 radical (unpaired) electrons. The van der Waals surface area contributed by atoms with Crippen LogP contribution in [0.1, 0.15) is 26.8 Å². The van der Waals surface area contributed by atoms with Gasteiger partial charge in [0.15, 0.2) is 11.5 Å². The van der Waals surface area contributed by atoms with Crippen LogP contribution in [0.5, 0.6) is 11.5 Å². The van der Waals surface area contributed by atoms with E-state index < -0.39 is 6.04 Å². The monoisotopic (exact) mass is 460 g/mol. The fourth-order valence-corrected chi connectivity index (χ4v) is 5.22. The van der Waals surface area contributed by atoms with Crippen molar-refractivity contribution in [2.45, 2.75) is 12.6 Å². The summed E-state index contributed by atoms with van der Waals surface area (Å²) in [5.74, 6) is 0.901. The van der Waals surface area contributed by atoms with Crippen LogP contribution in [-0.4, -0.2) is 17.6 Å². The van der Waals surface area contributed by atoms with Crippen molar-refractivity contribution >= 4 is 38.9 Å². The van der Waals surface area contributed by atoms with Crippen LogP contribution in [-0.2, 0) is 6.54 Å². The molecular formula is C25H17ClN2O3S. The minimum absolute atomic E-state index is 0.139. The number of thiophene rings is 1. The molecule has 0 unspecified atom stereocenters. The van der Waals surface area contributed by atoms with Crippen LogP contribution >= 0.6 is 22.9 Å². The molecule has 0 spiro atoms. The molecule has 158 valence electrons. The third-order valence-electron chi connectivity index (χ3n) is 5.33. The van der Waals surface area contributed by atoms with Gasteiger partial charge in [0.25, 0.3) is 5.91 Å². The molecule has 1 atom stereocenters. The van der Waals surface area contributed by atoms with E-state index in [4.69, 9.17) is 21.1 Å². The predicted molar refractivity (Wildman–Crippen MR) is 124 cm³/mol. The summed E-state index contributed by atoms with van der Waals surface area (Å²) in [4.78, 5) is 15.8. The van der Waals surface area contributed by atoms with Gasteiger partial charge in [-0.2, -0.15) is 5.26 Å². The Labute approximate surface area is 194 Å². The first-order chi connectivity index (χ1) is 15.7. The third-order valence-corrected chi connectivity index (χ3v) is 7.00. The van der Waals surface area contributed by atoms with E-state index in [1.165, 1.54) is 11.3 Å². The lowest BCUT2D eigenvalue weighted by molar-refractivity contribution is 0.0706. The minimum atomic E-state index is -0.835. The molecule has 2 heterocycles. The normalized spacial score (nSPS) is 13.0. The molecule has 4 aromatic rings. The first-order valence-corrected chi connectivity index (χ1v) is 11.2. The van der Waals surface area contributed by atoms with Gasteiger partial charge in [-0.25, -0.2) is 0 Å². The maximum Gasteiger partial charge on any atom is 0.267 e. The van der Waals surface area contributed by atoms with Crippen LogP contribution in [0.4, 0.5) is 0 Å². The number of hydrogen-bond donors (Lipinski definition) is 0. The van der Waals surface area contributed by atoms with E-state index in [0.717, 1.165) is 15.6 Å². The molecule has 5 nitrogen and oxygen atoms in total. The van der Waals surface area contributed by atoms with Gasteiger partial charge in [0.05, 0.1) is 11.1 Å². The van der Waals surface area contributed by atoms with E-state index in [1.807, 2.05) is 54.6 Å². The van der Waals surface area contributed by atoms with Gasteiger partial charge >= 0.3 is 0 Å².